The van der Waals surface area contributed by atoms with Crippen molar-refractivity contribution >= 4 is 5.84 Å². The van der Waals surface area contributed by atoms with Gasteiger partial charge in [-0.1, -0.05) is 23.4 Å². The van der Waals surface area contributed by atoms with Crippen molar-refractivity contribution in [3.63, 3.8) is 0 Å². The number of fused-ring (bicyclic) bond motifs is 1. The number of hydrogen-bond donors (Lipinski definition) is 2. The summed E-state index contributed by atoms with van der Waals surface area (Å²) in [6.45, 7) is 2.09. The number of amidine groups is 1. The fraction of sp³-hybridized carbons (Fsp3) is 0.462. The van der Waals surface area contributed by atoms with E-state index >= 15 is 0 Å². The predicted octanol–water partition coefficient (Wildman–Crippen LogP) is 1.23. The first-order valence-electron chi connectivity index (χ1n) is 6.07. The first-order valence-corrected chi connectivity index (χ1v) is 6.07. The molecule has 5 heteroatoms. The van der Waals surface area contributed by atoms with Gasteiger partial charge in [0.25, 0.3) is 0 Å². The highest BCUT2D eigenvalue weighted by Crippen LogP contribution is 2.33. The van der Waals surface area contributed by atoms with Gasteiger partial charge in [-0.25, -0.2) is 0 Å². The van der Waals surface area contributed by atoms with Crippen LogP contribution >= 0.6 is 0 Å². The highest BCUT2D eigenvalue weighted by molar-refractivity contribution is 5.81. The van der Waals surface area contributed by atoms with Gasteiger partial charge in [0.15, 0.2) is 5.84 Å². The summed E-state index contributed by atoms with van der Waals surface area (Å²) in [5, 5.41) is 11.6. The van der Waals surface area contributed by atoms with Crippen LogP contribution < -0.4 is 10.5 Å². The highest BCUT2D eigenvalue weighted by atomic mass is 16.5. The van der Waals surface area contributed by atoms with E-state index in [-0.39, 0.29) is 5.84 Å². The van der Waals surface area contributed by atoms with Crippen LogP contribution in [0.25, 0.3) is 0 Å². The molecule has 1 aliphatic heterocycles. The Bertz CT molecular complexity index is 434. The van der Waals surface area contributed by atoms with Crippen LogP contribution in [0.15, 0.2) is 29.4 Å². The summed E-state index contributed by atoms with van der Waals surface area (Å²) >= 11 is 0. The van der Waals surface area contributed by atoms with Gasteiger partial charge in [0.1, 0.15) is 5.75 Å². The van der Waals surface area contributed by atoms with Gasteiger partial charge in [-0.3, -0.25) is 4.90 Å². The molecular formula is C13H19N3O2. The third-order valence-electron chi connectivity index (χ3n) is 3.18. The molecular weight excluding hydrogens is 230 g/mol. The van der Waals surface area contributed by atoms with Crippen LogP contribution in [-0.4, -0.2) is 42.7 Å². The molecule has 0 amide bonds. The van der Waals surface area contributed by atoms with Crippen molar-refractivity contribution in [3.05, 3.63) is 29.8 Å². The second-order valence-electron chi connectivity index (χ2n) is 4.66. The molecule has 0 saturated carbocycles. The molecule has 1 atom stereocenters. The second-order valence-corrected chi connectivity index (χ2v) is 4.66. The Hall–Kier alpha value is -1.75. The van der Waals surface area contributed by atoms with E-state index in [0.29, 0.717) is 12.5 Å². The number of oxime groups is 1. The number of benzene rings is 1. The van der Waals surface area contributed by atoms with Crippen molar-refractivity contribution in [1.29, 1.82) is 0 Å². The lowest BCUT2D eigenvalue weighted by Crippen LogP contribution is -2.35. The molecule has 5 nitrogen and oxygen atoms in total. The van der Waals surface area contributed by atoms with Crippen LogP contribution in [0.2, 0.25) is 0 Å². The van der Waals surface area contributed by atoms with Crippen LogP contribution in [-0.2, 0) is 0 Å². The average molecular weight is 249 g/mol. The molecule has 0 aromatic heterocycles. The van der Waals surface area contributed by atoms with Gasteiger partial charge in [0.05, 0.1) is 13.2 Å². The molecule has 3 N–H and O–H groups in total. The summed E-state index contributed by atoms with van der Waals surface area (Å²) < 4.78 is 5.63. The van der Waals surface area contributed by atoms with E-state index in [1.165, 1.54) is 5.56 Å². The van der Waals surface area contributed by atoms with Crippen LogP contribution in [0.3, 0.4) is 0 Å². The SMILES string of the molecule is CN(C/C(N)=N/O)CC1CCOc2ccccc21. The Morgan fingerprint density at radius 1 is 1.56 bits per heavy atom. The van der Waals surface area contributed by atoms with E-state index in [1.807, 2.05) is 25.2 Å². The Labute approximate surface area is 107 Å². The molecule has 1 aromatic carbocycles. The van der Waals surface area contributed by atoms with Crippen molar-refractivity contribution in [2.45, 2.75) is 12.3 Å². The standard InChI is InChI=1S/C13H19N3O2/c1-16(9-13(14)15-17)8-10-6-7-18-12-5-3-2-4-11(10)12/h2-5,10,17H,6-9H2,1H3,(H2,14,15). The number of rotatable bonds is 4. The first-order chi connectivity index (χ1) is 8.70. The molecule has 1 heterocycles. The first kappa shape index (κ1) is 12.7. The zero-order valence-electron chi connectivity index (χ0n) is 10.5. The molecule has 1 unspecified atom stereocenters. The number of ether oxygens (including phenoxy) is 1. The van der Waals surface area contributed by atoms with Crippen LogP contribution in [0.5, 0.6) is 5.75 Å². The summed E-state index contributed by atoms with van der Waals surface area (Å²) in [5.41, 5.74) is 6.75. The van der Waals surface area contributed by atoms with Crippen LogP contribution in [0, 0.1) is 0 Å². The molecule has 98 valence electrons. The lowest BCUT2D eigenvalue weighted by atomic mass is 9.93. The molecule has 0 spiro atoms. The number of hydrogen-bond acceptors (Lipinski definition) is 4. The molecule has 0 saturated heterocycles. The summed E-state index contributed by atoms with van der Waals surface area (Å²) in [4.78, 5) is 2.06. The fourth-order valence-corrected chi connectivity index (χ4v) is 2.35. The summed E-state index contributed by atoms with van der Waals surface area (Å²) in [6, 6.07) is 8.13. The summed E-state index contributed by atoms with van der Waals surface area (Å²) in [5.74, 6) is 1.65. The Morgan fingerprint density at radius 2 is 2.33 bits per heavy atom. The molecule has 1 aromatic rings. The van der Waals surface area contributed by atoms with Crippen LogP contribution in [0.4, 0.5) is 0 Å². The smallest absolute Gasteiger partial charge is 0.153 e. The number of para-hydroxylation sites is 1. The highest BCUT2D eigenvalue weighted by Gasteiger charge is 2.22. The average Bonchev–Trinajstić information content (AvgIpc) is 2.39. The van der Waals surface area contributed by atoms with Gasteiger partial charge in [-0.15, -0.1) is 0 Å². The molecule has 2 rings (SSSR count). The quantitative estimate of drug-likeness (QED) is 0.364. The van der Waals surface area contributed by atoms with Crippen molar-refractivity contribution in [2.24, 2.45) is 10.9 Å². The number of likely N-dealkylation sites (N-methyl/N-ethyl adjacent to an activating group) is 1. The largest absolute Gasteiger partial charge is 0.493 e. The summed E-state index contributed by atoms with van der Waals surface area (Å²) in [7, 11) is 1.97. The summed E-state index contributed by atoms with van der Waals surface area (Å²) in [6.07, 6.45) is 0.998. The minimum absolute atomic E-state index is 0.234. The van der Waals surface area contributed by atoms with Crippen molar-refractivity contribution in [3.8, 4) is 5.75 Å². The van der Waals surface area contributed by atoms with Gasteiger partial charge < -0.3 is 15.7 Å². The minimum Gasteiger partial charge on any atom is -0.493 e. The molecule has 0 aliphatic carbocycles. The van der Waals surface area contributed by atoms with Gasteiger partial charge in [0, 0.05) is 12.5 Å². The normalized spacial score (nSPS) is 19.4. The predicted molar refractivity (Wildman–Crippen MR) is 70.2 cm³/mol. The van der Waals surface area contributed by atoms with E-state index in [4.69, 9.17) is 15.7 Å². The molecule has 0 radical (unpaired) electrons. The lowest BCUT2D eigenvalue weighted by Gasteiger charge is -2.29. The topological polar surface area (TPSA) is 71.1 Å². The maximum atomic E-state index is 8.56. The van der Waals surface area contributed by atoms with Gasteiger partial charge >= 0.3 is 0 Å². The third-order valence-corrected chi connectivity index (χ3v) is 3.18. The molecule has 0 bridgehead atoms. The van der Waals surface area contributed by atoms with Gasteiger partial charge in [-0.2, -0.15) is 0 Å². The maximum absolute atomic E-state index is 8.56. The molecule has 1 aliphatic rings. The minimum atomic E-state index is 0.234. The molecule has 18 heavy (non-hydrogen) atoms. The number of nitrogens with two attached hydrogens (primary N) is 1. The Morgan fingerprint density at radius 3 is 3.11 bits per heavy atom. The van der Waals surface area contributed by atoms with E-state index in [0.717, 1.165) is 25.3 Å². The van der Waals surface area contributed by atoms with Gasteiger partial charge in [0.2, 0.25) is 0 Å². The van der Waals surface area contributed by atoms with E-state index < -0.39 is 0 Å². The number of nitrogens with zero attached hydrogens (tertiary/aromatic N) is 2. The van der Waals surface area contributed by atoms with E-state index in [9.17, 15) is 0 Å². The lowest BCUT2D eigenvalue weighted by molar-refractivity contribution is 0.239. The zero-order valence-corrected chi connectivity index (χ0v) is 10.5. The maximum Gasteiger partial charge on any atom is 0.153 e. The second kappa shape index (κ2) is 5.73. The van der Waals surface area contributed by atoms with Gasteiger partial charge in [-0.05, 0) is 25.1 Å². The van der Waals surface area contributed by atoms with Crippen LogP contribution in [0.1, 0.15) is 17.9 Å². The van der Waals surface area contributed by atoms with E-state index in [2.05, 4.69) is 16.1 Å². The Balaban J connectivity index is 2.03. The molecule has 0 fully saturated rings. The monoisotopic (exact) mass is 249 g/mol. The fourth-order valence-electron chi connectivity index (χ4n) is 2.35. The Kier molecular flexibility index (Phi) is 4.04. The third kappa shape index (κ3) is 2.92. The van der Waals surface area contributed by atoms with E-state index in [1.54, 1.807) is 0 Å². The zero-order chi connectivity index (χ0) is 13.0. The van der Waals surface area contributed by atoms with Crippen molar-refractivity contribution in [1.82, 2.24) is 4.90 Å². The van der Waals surface area contributed by atoms with Crippen molar-refractivity contribution < 1.29 is 9.94 Å². The van der Waals surface area contributed by atoms with Crippen molar-refractivity contribution in [2.75, 3.05) is 26.7 Å².